The number of hydrogen-bond acceptors (Lipinski definition) is 2. The topological polar surface area (TPSA) is 20.2 Å². The molecule has 0 radical (unpaired) electrons. The minimum absolute atomic E-state index is 0.436. The summed E-state index contributed by atoms with van der Waals surface area (Å²) in [5.74, 6) is 0. The number of rotatable bonds is 3. The van der Waals surface area contributed by atoms with E-state index in [4.69, 9.17) is 23.2 Å². The molecule has 0 heterocycles. The Morgan fingerprint density at radius 1 is 0.944 bits per heavy atom. The summed E-state index contributed by atoms with van der Waals surface area (Å²) in [6.07, 6.45) is -0.436. The third kappa shape index (κ3) is 3.42. The summed E-state index contributed by atoms with van der Waals surface area (Å²) in [4.78, 5) is 2.13. The van der Waals surface area contributed by atoms with Crippen LogP contribution in [-0.2, 0) is 0 Å². The first-order valence-corrected chi connectivity index (χ1v) is 7.04. The van der Waals surface area contributed by atoms with Crippen molar-refractivity contribution in [1.29, 1.82) is 0 Å². The molecule has 94 valence electrons. The number of aliphatic hydroxyl groups excluding tert-OH is 1. The van der Waals surface area contributed by atoms with Gasteiger partial charge in [-0.2, -0.15) is 0 Å². The highest BCUT2D eigenvalue weighted by atomic mass is 35.5. The third-order valence-corrected chi connectivity index (χ3v) is 4.23. The molecule has 0 unspecified atom stereocenters. The average molecular weight is 299 g/mol. The van der Waals surface area contributed by atoms with Crippen molar-refractivity contribution in [2.75, 3.05) is 0 Å². The Balaban J connectivity index is 2.15. The summed E-state index contributed by atoms with van der Waals surface area (Å²) >= 11 is 13.4. The zero-order valence-corrected chi connectivity index (χ0v) is 12.1. The Bertz CT molecular complexity index is 538. The molecule has 4 heteroatoms. The summed E-state index contributed by atoms with van der Waals surface area (Å²) in [6, 6.07) is 13.4. The van der Waals surface area contributed by atoms with Crippen LogP contribution in [0, 0.1) is 0 Å². The molecule has 0 aliphatic heterocycles. The second kappa shape index (κ2) is 5.98. The van der Waals surface area contributed by atoms with Crippen LogP contribution in [0.4, 0.5) is 0 Å². The van der Waals surface area contributed by atoms with Crippen molar-refractivity contribution in [3.63, 3.8) is 0 Å². The summed E-state index contributed by atoms with van der Waals surface area (Å²) < 4.78 is 0. The van der Waals surface area contributed by atoms with E-state index in [0.717, 1.165) is 15.4 Å². The van der Waals surface area contributed by atoms with E-state index in [2.05, 4.69) is 0 Å². The molecule has 0 aromatic heterocycles. The maximum atomic E-state index is 9.43. The SMILES string of the molecule is C[C@H](O)c1ccc(Sc2ccc(Cl)c(Cl)c2)cc1. The lowest BCUT2D eigenvalue weighted by Gasteiger charge is -2.06. The largest absolute Gasteiger partial charge is 0.389 e. The summed E-state index contributed by atoms with van der Waals surface area (Å²) in [5, 5.41) is 10.6. The zero-order valence-electron chi connectivity index (χ0n) is 9.73. The highest BCUT2D eigenvalue weighted by Crippen LogP contribution is 2.32. The van der Waals surface area contributed by atoms with Gasteiger partial charge in [0, 0.05) is 9.79 Å². The second-order valence-corrected chi connectivity index (χ2v) is 5.88. The van der Waals surface area contributed by atoms with Crippen LogP contribution in [0.2, 0.25) is 10.0 Å². The van der Waals surface area contributed by atoms with Gasteiger partial charge in [0.1, 0.15) is 0 Å². The standard InChI is InChI=1S/C14H12Cl2OS/c1-9(17)10-2-4-11(5-3-10)18-12-6-7-13(15)14(16)8-12/h2-9,17H,1H3/t9-/m0/s1. The molecule has 0 saturated heterocycles. The van der Waals surface area contributed by atoms with Crippen LogP contribution in [0.25, 0.3) is 0 Å². The van der Waals surface area contributed by atoms with Crippen molar-refractivity contribution in [3.8, 4) is 0 Å². The number of hydrogen-bond donors (Lipinski definition) is 1. The molecule has 0 aliphatic carbocycles. The van der Waals surface area contributed by atoms with Crippen molar-refractivity contribution >= 4 is 35.0 Å². The quantitative estimate of drug-likeness (QED) is 0.840. The van der Waals surface area contributed by atoms with Gasteiger partial charge in [-0.3, -0.25) is 0 Å². The molecule has 0 aliphatic rings. The van der Waals surface area contributed by atoms with Gasteiger partial charge < -0.3 is 5.11 Å². The average Bonchev–Trinajstić information content (AvgIpc) is 2.34. The maximum Gasteiger partial charge on any atom is 0.0761 e. The maximum absolute atomic E-state index is 9.43. The molecule has 0 amide bonds. The van der Waals surface area contributed by atoms with E-state index in [9.17, 15) is 5.11 Å². The predicted octanol–water partition coefficient (Wildman–Crippen LogP) is 5.20. The summed E-state index contributed by atoms with van der Waals surface area (Å²) in [5.41, 5.74) is 0.911. The number of benzene rings is 2. The fourth-order valence-electron chi connectivity index (χ4n) is 1.49. The number of aliphatic hydroxyl groups is 1. The molecule has 0 bridgehead atoms. The monoisotopic (exact) mass is 298 g/mol. The van der Waals surface area contributed by atoms with Gasteiger partial charge >= 0.3 is 0 Å². The molecule has 18 heavy (non-hydrogen) atoms. The zero-order chi connectivity index (χ0) is 13.1. The van der Waals surface area contributed by atoms with E-state index in [0.29, 0.717) is 10.0 Å². The lowest BCUT2D eigenvalue weighted by atomic mass is 10.1. The molecule has 1 N–H and O–H groups in total. The van der Waals surface area contributed by atoms with Gasteiger partial charge in [-0.15, -0.1) is 0 Å². The predicted molar refractivity (Wildman–Crippen MR) is 77.7 cm³/mol. The molecular formula is C14H12Cl2OS. The molecule has 1 nitrogen and oxygen atoms in total. The van der Waals surface area contributed by atoms with Crippen LogP contribution in [0.5, 0.6) is 0 Å². The Morgan fingerprint density at radius 3 is 2.11 bits per heavy atom. The first-order valence-electron chi connectivity index (χ1n) is 5.47. The molecule has 2 aromatic carbocycles. The fourth-order valence-corrected chi connectivity index (χ4v) is 2.71. The van der Waals surface area contributed by atoms with E-state index in [1.807, 2.05) is 36.4 Å². The van der Waals surface area contributed by atoms with E-state index < -0.39 is 6.10 Å². The normalized spacial score (nSPS) is 12.4. The minimum atomic E-state index is -0.436. The van der Waals surface area contributed by atoms with Gasteiger partial charge in [0.2, 0.25) is 0 Å². The Labute approximate surface area is 121 Å². The molecule has 0 spiro atoms. The van der Waals surface area contributed by atoms with E-state index in [-0.39, 0.29) is 0 Å². The van der Waals surface area contributed by atoms with Crippen LogP contribution >= 0.6 is 35.0 Å². The van der Waals surface area contributed by atoms with Crippen molar-refractivity contribution in [2.24, 2.45) is 0 Å². The smallest absolute Gasteiger partial charge is 0.0761 e. The van der Waals surface area contributed by atoms with Crippen molar-refractivity contribution in [2.45, 2.75) is 22.8 Å². The van der Waals surface area contributed by atoms with Crippen molar-refractivity contribution in [3.05, 3.63) is 58.1 Å². The summed E-state index contributed by atoms with van der Waals surface area (Å²) in [7, 11) is 0. The minimum Gasteiger partial charge on any atom is -0.389 e. The molecule has 0 saturated carbocycles. The lowest BCUT2D eigenvalue weighted by Crippen LogP contribution is -1.89. The van der Waals surface area contributed by atoms with E-state index in [1.54, 1.807) is 24.8 Å². The van der Waals surface area contributed by atoms with Gasteiger partial charge in [0.15, 0.2) is 0 Å². The highest BCUT2D eigenvalue weighted by molar-refractivity contribution is 7.99. The second-order valence-electron chi connectivity index (χ2n) is 3.92. The van der Waals surface area contributed by atoms with Gasteiger partial charge in [0.05, 0.1) is 16.1 Å². The van der Waals surface area contributed by atoms with Gasteiger partial charge in [-0.1, -0.05) is 47.1 Å². The van der Waals surface area contributed by atoms with E-state index in [1.165, 1.54) is 0 Å². The first-order chi connectivity index (χ1) is 8.56. The lowest BCUT2D eigenvalue weighted by molar-refractivity contribution is 0.199. The first kappa shape index (κ1) is 13.8. The summed E-state index contributed by atoms with van der Waals surface area (Å²) in [6.45, 7) is 1.75. The van der Waals surface area contributed by atoms with Crippen LogP contribution in [0.15, 0.2) is 52.3 Å². The van der Waals surface area contributed by atoms with Gasteiger partial charge in [-0.05, 0) is 42.8 Å². The fraction of sp³-hybridized carbons (Fsp3) is 0.143. The van der Waals surface area contributed by atoms with Crippen LogP contribution < -0.4 is 0 Å². The van der Waals surface area contributed by atoms with Crippen LogP contribution in [-0.4, -0.2) is 5.11 Å². The molecular weight excluding hydrogens is 287 g/mol. The Kier molecular flexibility index (Phi) is 4.57. The Hall–Kier alpha value is -0.670. The van der Waals surface area contributed by atoms with Crippen molar-refractivity contribution in [1.82, 2.24) is 0 Å². The molecule has 0 fully saturated rings. The molecule has 1 atom stereocenters. The molecule has 2 aromatic rings. The van der Waals surface area contributed by atoms with Crippen molar-refractivity contribution < 1.29 is 5.11 Å². The Morgan fingerprint density at radius 2 is 1.56 bits per heavy atom. The van der Waals surface area contributed by atoms with Crippen LogP contribution in [0.3, 0.4) is 0 Å². The highest BCUT2D eigenvalue weighted by Gasteiger charge is 2.03. The molecule has 2 rings (SSSR count). The number of halogens is 2. The third-order valence-electron chi connectivity index (χ3n) is 2.49. The van der Waals surface area contributed by atoms with Crippen LogP contribution in [0.1, 0.15) is 18.6 Å². The van der Waals surface area contributed by atoms with Gasteiger partial charge in [-0.25, -0.2) is 0 Å². The van der Waals surface area contributed by atoms with E-state index >= 15 is 0 Å². The van der Waals surface area contributed by atoms with Gasteiger partial charge in [0.25, 0.3) is 0 Å².